The predicted octanol–water partition coefficient (Wildman–Crippen LogP) is 1.69. The van der Waals surface area contributed by atoms with Gasteiger partial charge in [-0.15, -0.1) is 0 Å². The third-order valence-corrected chi connectivity index (χ3v) is 3.95. The summed E-state index contributed by atoms with van der Waals surface area (Å²) in [7, 11) is 0. The Morgan fingerprint density at radius 1 is 1.18 bits per heavy atom. The predicted molar refractivity (Wildman–Crippen MR) is 67.5 cm³/mol. The van der Waals surface area contributed by atoms with Crippen LogP contribution in [0.3, 0.4) is 0 Å². The van der Waals surface area contributed by atoms with E-state index in [1.807, 2.05) is 13.8 Å². The fraction of sp³-hybridized carbons (Fsp3) is 0.846. The Morgan fingerprint density at radius 3 is 2.12 bits per heavy atom. The van der Waals surface area contributed by atoms with Crippen LogP contribution in [-0.4, -0.2) is 34.8 Å². The van der Waals surface area contributed by atoms with Gasteiger partial charge < -0.3 is 10.2 Å². The highest BCUT2D eigenvalue weighted by molar-refractivity contribution is 5.98. The Hall–Kier alpha value is -1.06. The highest BCUT2D eigenvalue weighted by Crippen LogP contribution is 2.25. The van der Waals surface area contributed by atoms with Gasteiger partial charge in [0.1, 0.15) is 5.54 Å². The topological polar surface area (TPSA) is 49.4 Å². The monoisotopic (exact) mass is 240 g/mol. The fourth-order valence-corrected chi connectivity index (χ4v) is 2.61. The van der Waals surface area contributed by atoms with Crippen LogP contribution in [0, 0.1) is 0 Å². The molecule has 4 nitrogen and oxygen atoms in total. The summed E-state index contributed by atoms with van der Waals surface area (Å²) in [5, 5.41) is 2.88. The average Bonchev–Trinajstić information content (AvgIpc) is 2.34. The number of rotatable bonds is 5. The number of amides is 2. The number of nitrogens with one attached hydrogen (secondary N) is 1. The molecule has 1 aliphatic rings. The molecule has 1 saturated heterocycles. The maximum absolute atomic E-state index is 12.5. The van der Waals surface area contributed by atoms with Crippen LogP contribution in [0.5, 0.6) is 0 Å². The Labute approximate surface area is 104 Å². The smallest absolute Gasteiger partial charge is 0.249 e. The summed E-state index contributed by atoms with van der Waals surface area (Å²) in [4.78, 5) is 26.1. The van der Waals surface area contributed by atoms with Crippen LogP contribution in [0.25, 0.3) is 0 Å². The van der Waals surface area contributed by atoms with Gasteiger partial charge >= 0.3 is 0 Å². The molecule has 0 unspecified atom stereocenters. The van der Waals surface area contributed by atoms with Crippen LogP contribution in [0.1, 0.15) is 53.4 Å². The van der Waals surface area contributed by atoms with Crippen molar-refractivity contribution >= 4 is 11.8 Å². The van der Waals surface area contributed by atoms with Crippen LogP contribution in [0.2, 0.25) is 0 Å². The standard InChI is InChI=1S/C13H24N2O2/c1-5-10(6-2)15-9-11(16)14-13(7-3,8-4)12(15)17/h10H,5-9H2,1-4H3,(H,14,16). The molecule has 0 atom stereocenters. The summed E-state index contributed by atoms with van der Waals surface area (Å²) in [6.07, 6.45) is 3.12. The third kappa shape index (κ3) is 2.45. The molecule has 0 bridgehead atoms. The Balaban J connectivity index is 3.00. The van der Waals surface area contributed by atoms with Gasteiger partial charge in [0, 0.05) is 6.04 Å². The maximum atomic E-state index is 12.5. The quantitative estimate of drug-likeness (QED) is 0.795. The minimum atomic E-state index is -0.669. The number of hydrogen-bond acceptors (Lipinski definition) is 2. The van der Waals surface area contributed by atoms with Crippen LogP contribution < -0.4 is 5.32 Å². The lowest BCUT2D eigenvalue weighted by atomic mass is 9.88. The highest BCUT2D eigenvalue weighted by atomic mass is 16.2. The lowest BCUT2D eigenvalue weighted by molar-refractivity contribution is -0.153. The second-order valence-electron chi connectivity index (χ2n) is 4.74. The summed E-state index contributed by atoms with van der Waals surface area (Å²) in [5.41, 5.74) is -0.669. The third-order valence-electron chi connectivity index (χ3n) is 3.95. The molecule has 0 saturated carbocycles. The second-order valence-corrected chi connectivity index (χ2v) is 4.74. The molecule has 0 aromatic heterocycles. The normalized spacial score (nSPS) is 19.7. The van der Waals surface area contributed by atoms with Crippen LogP contribution in [0.15, 0.2) is 0 Å². The molecule has 0 radical (unpaired) electrons. The van der Waals surface area contributed by atoms with Gasteiger partial charge in [0.2, 0.25) is 11.8 Å². The van der Waals surface area contributed by atoms with Crippen molar-refractivity contribution in [2.45, 2.75) is 65.0 Å². The average molecular weight is 240 g/mol. The molecule has 1 aliphatic heterocycles. The Bertz CT molecular complexity index is 294. The van der Waals surface area contributed by atoms with Gasteiger partial charge in [-0.25, -0.2) is 0 Å². The van der Waals surface area contributed by atoms with Gasteiger partial charge in [0.15, 0.2) is 0 Å². The zero-order chi connectivity index (χ0) is 13.1. The van der Waals surface area contributed by atoms with Crippen LogP contribution >= 0.6 is 0 Å². The van der Waals surface area contributed by atoms with E-state index in [0.717, 1.165) is 12.8 Å². The molecule has 4 heteroatoms. The molecular formula is C13H24N2O2. The van der Waals surface area contributed by atoms with Crippen molar-refractivity contribution in [1.29, 1.82) is 0 Å². The summed E-state index contributed by atoms with van der Waals surface area (Å²) in [6, 6.07) is 0.186. The van der Waals surface area contributed by atoms with Crippen molar-refractivity contribution in [2.75, 3.05) is 6.54 Å². The molecule has 17 heavy (non-hydrogen) atoms. The highest BCUT2D eigenvalue weighted by Gasteiger charge is 2.45. The molecule has 2 amide bonds. The van der Waals surface area contributed by atoms with Crippen molar-refractivity contribution < 1.29 is 9.59 Å². The number of carbonyl (C=O) groups excluding carboxylic acids is 2. The first-order valence-corrected chi connectivity index (χ1v) is 6.66. The van der Waals surface area contributed by atoms with E-state index in [4.69, 9.17) is 0 Å². The SMILES string of the molecule is CCC(CC)N1CC(=O)NC(CC)(CC)C1=O. The minimum Gasteiger partial charge on any atom is -0.340 e. The minimum absolute atomic E-state index is 0.0276. The van der Waals surface area contributed by atoms with Gasteiger partial charge in [0.05, 0.1) is 6.54 Å². The van der Waals surface area contributed by atoms with E-state index in [-0.39, 0.29) is 24.4 Å². The maximum Gasteiger partial charge on any atom is 0.249 e. The van der Waals surface area contributed by atoms with E-state index >= 15 is 0 Å². The lowest BCUT2D eigenvalue weighted by Crippen LogP contribution is -2.67. The van der Waals surface area contributed by atoms with Crippen LogP contribution in [0.4, 0.5) is 0 Å². The summed E-state index contributed by atoms with van der Waals surface area (Å²) >= 11 is 0. The Morgan fingerprint density at radius 2 is 1.71 bits per heavy atom. The summed E-state index contributed by atoms with van der Waals surface area (Å²) < 4.78 is 0. The second kappa shape index (κ2) is 5.52. The molecule has 1 heterocycles. The van der Waals surface area contributed by atoms with Crippen molar-refractivity contribution in [3.8, 4) is 0 Å². The molecule has 0 aliphatic carbocycles. The molecular weight excluding hydrogens is 216 g/mol. The molecule has 1 rings (SSSR count). The van der Waals surface area contributed by atoms with E-state index in [9.17, 15) is 9.59 Å². The first-order chi connectivity index (χ1) is 8.04. The van der Waals surface area contributed by atoms with Crippen molar-refractivity contribution in [3.63, 3.8) is 0 Å². The first-order valence-electron chi connectivity index (χ1n) is 6.66. The molecule has 0 spiro atoms. The molecule has 0 aromatic carbocycles. The van der Waals surface area contributed by atoms with E-state index in [2.05, 4.69) is 19.2 Å². The van der Waals surface area contributed by atoms with Gasteiger partial charge in [0.25, 0.3) is 0 Å². The number of carbonyl (C=O) groups is 2. The van der Waals surface area contributed by atoms with E-state index < -0.39 is 5.54 Å². The Kier molecular flexibility index (Phi) is 4.54. The zero-order valence-corrected chi connectivity index (χ0v) is 11.4. The zero-order valence-electron chi connectivity index (χ0n) is 11.4. The van der Waals surface area contributed by atoms with Crippen molar-refractivity contribution in [2.24, 2.45) is 0 Å². The largest absolute Gasteiger partial charge is 0.340 e. The first kappa shape index (κ1) is 14.0. The van der Waals surface area contributed by atoms with E-state index in [0.29, 0.717) is 12.8 Å². The molecule has 1 N–H and O–H groups in total. The van der Waals surface area contributed by atoms with E-state index in [1.54, 1.807) is 4.90 Å². The van der Waals surface area contributed by atoms with E-state index in [1.165, 1.54) is 0 Å². The van der Waals surface area contributed by atoms with Gasteiger partial charge in [-0.05, 0) is 25.7 Å². The van der Waals surface area contributed by atoms with Gasteiger partial charge in [-0.3, -0.25) is 9.59 Å². The van der Waals surface area contributed by atoms with Crippen molar-refractivity contribution in [3.05, 3.63) is 0 Å². The summed E-state index contributed by atoms with van der Waals surface area (Å²) in [5.74, 6) is 0.0657. The molecule has 98 valence electrons. The molecule has 1 fully saturated rings. The van der Waals surface area contributed by atoms with Crippen LogP contribution in [-0.2, 0) is 9.59 Å². The van der Waals surface area contributed by atoms with Crippen molar-refractivity contribution in [1.82, 2.24) is 10.2 Å². The lowest BCUT2D eigenvalue weighted by Gasteiger charge is -2.44. The number of hydrogen-bond donors (Lipinski definition) is 1. The van der Waals surface area contributed by atoms with Gasteiger partial charge in [-0.1, -0.05) is 27.7 Å². The molecule has 0 aromatic rings. The van der Waals surface area contributed by atoms with Gasteiger partial charge in [-0.2, -0.15) is 0 Å². The number of nitrogens with zero attached hydrogens (tertiary/aromatic N) is 1. The number of piperazine rings is 1. The fourth-order valence-electron chi connectivity index (χ4n) is 2.61. The summed E-state index contributed by atoms with van der Waals surface area (Å²) in [6.45, 7) is 8.25.